The van der Waals surface area contributed by atoms with Gasteiger partial charge < -0.3 is 45.1 Å². The van der Waals surface area contributed by atoms with Gasteiger partial charge in [0.25, 0.3) is 18.9 Å². The van der Waals surface area contributed by atoms with Gasteiger partial charge in [-0.05, 0) is 68.9 Å². The third kappa shape index (κ3) is 26.4. The number of nitrogens with zero attached hydrogens (tertiary/aromatic N) is 8. The van der Waals surface area contributed by atoms with Crippen molar-refractivity contribution >= 4 is 76.9 Å². The predicted octanol–water partition coefficient (Wildman–Crippen LogP) is 2.89. The van der Waals surface area contributed by atoms with Crippen LogP contribution in [0, 0.1) is 19.3 Å². The smallest absolute Gasteiger partial charge is 0.317 e. The van der Waals surface area contributed by atoms with Gasteiger partial charge in [-0.15, -0.1) is 6.42 Å². The van der Waals surface area contributed by atoms with Crippen molar-refractivity contribution in [2.24, 2.45) is 0 Å². The second kappa shape index (κ2) is 39.1. The van der Waals surface area contributed by atoms with E-state index < -0.39 is 48.8 Å². The summed E-state index contributed by atoms with van der Waals surface area (Å²) in [5.41, 5.74) is 3.26. The number of carboxylic acids is 1. The SMILES string of the molecule is C#C[C@H]1CC(F)(F)CN1C(=O)CCC(=O)c1ccnc2ccc(OCCCN3CCN(C(=O)CCCCCNC(=O)C(CSCCNC(=O)CCCc4ccc(C)cc4)NC(=O)CN4CCN(COC=O)CCN(COC=O)CCN(CC(=O)O)CC4)CC3)cc12. The van der Waals surface area contributed by atoms with E-state index in [4.69, 9.17) is 20.6 Å². The summed E-state index contributed by atoms with van der Waals surface area (Å²) in [5.74, 6) is -2.30. The van der Waals surface area contributed by atoms with Crippen molar-refractivity contribution in [2.45, 2.75) is 95.6 Å². The number of likely N-dealkylation sites (tertiary alicyclic amines) is 1. The number of terminal acetylenes is 1. The normalized spacial score (nSPS) is 17.6. The first-order chi connectivity index (χ1) is 43.9. The molecule has 0 spiro atoms. The van der Waals surface area contributed by atoms with Crippen LogP contribution >= 0.6 is 11.8 Å². The van der Waals surface area contributed by atoms with E-state index in [1.807, 2.05) is 26.5 Å². The lowest BCUT2D eigenvalue weighted by atomic mass is 10.0. The van der Waals surface area contributed by atoms with E-state index in [0.29, 0.717) is 178 Å². The van der Waals surface area contributed by atoms with Crippen LogP contribution in [0.1, 0.15) is 85.7 Å². The van der Waals surface area contributed by atoms with E-state index in [1.54, 1.807) is 29.2 Å². The molecule has 3 aliphatic rings. The topological polar surface area (TPSA) is 273 Å². The van der Waals surface area contributed by atoms with Crippen LogP contribution in [0.3, 0.4) is 0 Å². The summed E-state index contributed by atoms with van der Waals surface area (Å²) < 4.78 is 44.1. The zero-order chi connectivity index (χ0) is 65.4. The summed E-state index contributed by atoms with van der Waals surface area (Å²) >= 11 is 1.42. The number of thioether (sulfide) groups is 1. The van der Waals surface area contributed by atoms with Crippen LogP contribution in [0.25, 0.3) is 10.9 Å². The Morgan fingerprint density at radius 1 is 0.736 bits per heavy atom. The average molecular weight is 1290 g/mol. The first-order valence-corrected chi connectivity index (χ1v) is 32.4. The number of hydrogen-bond donors (Lipinski definition) is 4. The van der Waals surface area contributed by atoms with Gasteiger partial charge in [-0.2, -0.15) is 11.8 Å². The number of piperazine rings is 1. The van der Waals surface area contributed by atoms with E-state index in [1.165, 1.54) is 29.1 Å². The number of Topliss-reactive ketones (excluding diaryl/α,β-unsaturated/α-hetero) is 1. The number of rotatable bonds is 36. The van der Waals surface area contributed by atoms with Crippen molar-refractivity contribution in [1.29, 1.82) is 0 Å². The number of benzene rings is 2. The molecule has 4 heterocycles. The van der Waals surface area contributed by atoms with Crippen LogP contribution in [0.5, 0.6) is 5.75 Å². The second-order valence-corrected chi connectivity index (χ2v) is 24.3. The molecule has 2 aromatic carbocycles. The molecule has 4 N–H and O–H groups in total. The number of fused-ring (bicyclic) bond motifs is 1. The maximum Gasteiger partial charge on any atom is 0.317 e. The third-order valence-corrected chi connectivity index (χ3v) is 17.2. The summed E-state index contributed by atoms with van der Waals surface area (Å²) in [7, 11) is 0. The van der Waals surface area contributed by atoms with E-state index in [2.05, 4.69) is 56.0 Å². The molecule has 0 bridgehead atoms. The Labute approximate surface area is 535 Å². The Kier molecular flexibility index (Phi) is 31.3. The molecule has 2 atom stereocenters. The fraction of sp³-hybridized carbons (Fsp3) is 0.594. The first-order valence-electron chi connectivity index (χ1n) is 31.3. The average Bonchev–Trinajstić information content (AvgIpc) is 1.91. The summed E-state index contributed by atoms with van der Waals surface area (Å²) in [6, 6.07) is 13.1. The lowest BCUT2D eigenvalue weighted by molar-refractivity contribution is -0.139. The third-order valence-electron chi connectivity index (χ3n) is 16.1. The minimum atomic E-state index is -3.07. The Bertz CT molecular complexity index is 2900. The fourth-order valence-electron chi connectivity index (χ4n) is 11.0. The number of aromatic nitrogens is 1. The largest absolute Gasteiger partial charge is 0.494 e. The number of ether oxygens (including phenoxy) is 3. The molecule has 1 aromatic heterocycles. The zero-order valence-corrected chi connectivity index (χ0v) is 53.0. The quantitative estimate of drug-likeness (QED) is 0.0282. The van der Waals surface area contributed by atoms with Gasteiger partial charge in [0.1, 0.15) is 25.3 Å². The van der Waals surface area contributed by atoms with E-state index in [9.17, 15) is 57.0 Å². The molecular weight excluding hydrogens is 1200 g/mol. The van der Waals surface area contributed by atoms with Crippen LogP contribution in [-0.4, -0.2) is 266 Å². The maximum atomic E-state index is 14.0. The molecule has 3 fully saturated rings. The van der Waals surface area contributed by atoms with Gasteiger partial charge in [0.15, 0.2) is 5.78 Å². The molecule has 0 saturated carbocycles. The fourth-order valence-corrected chi connectivity index (χ4v) is 11.8. The van der Waals surface area contributed by atoms with Gasteiger partial charge >= 0.3 is 5.97 Å². The maximum absolute atomic E-state index is 14.0. The minimum absolute atomic E-state index is 0.00409. The van der Waals surface area contributed by atoms with Gasteiger partial charge in [-0.1, -0.05) is 42.2 Å². The number of alkyl halides is 2. The molecule has 24 nitrogen and oxygen atoms in total. The highest BCUT2D eigenvalue weighted by atomic mass is 32.2. The highest BCUT2D eigenvalue weighted by Gasteiger charge is 2.46. The Morgan fingerprint density at radius 2 is 1.40 bits per heavy atom. The highest BCUT2D eigenvalue weighted by molar-refractivity contribution is 7.99. The molecule has 5 amide bonds. The predicted molar refractivity (Wildman–Crippen MR) is 338 cm³/mol. The van der Waals surface area contributed by atoms with E-state index in [-0.39, 0.29) is 75.2 Å². The van der Waals surface area contributed by atoms with Crippen LogP contribution in [0.2, 0.25) is 0 Å². The summed E-state index contributed by atoms with van der Waals surface area (Å²) in [5, 5.41) is 19.1. The van der Waals surface area contributed by atoms with E-state index >= 15 is 0 Å². The molecule has 498 valence electrons. The Hall–Kier alpha value is -7.35. The number of hydrogen-bond acceptors (Lipinski definition) is 19. The van der Waals surface area contributed by atoms with Gasteiger partial charge in [0.2, 0.25) is 29.5 Å². The Morgan fingerprint density at radius 3 is 2.05 bits per heavy atom. The van der Waals surface area contributed by atoms with Crippen molar-refractivity contribution in [3.05, 3.63) is 71.4 Å². The summed E-state index contributed by atoms with van der Waals surface area (Å²) in [4.78, 5) is 131. The summed E-state index contributed by atoms with van der Waals surface area (Å²) in [6.45, 7) is 8.81. The molecule has 0 aliphatic carbocycles. The summed E-state index contributed by atoms with van der Waals surface area (Å²) in [6.07, 6.45) is 10.7. The molecule has 3 aromatic rings. The number of carboxylic acid groups (broad SMARTS) is 1. The number of pyridine rings is 1. The monoisotopic (exact) mass is 1290 g/mol. The highest BCUT2D eigenvalue weighted by Crippen LogP contribution is 2.33. The van der Waals surface area contributed by atoms with Gasteiger partial charge in [0, 0.05) is 159 Å². The van der Waals surface area contributed by atoms with Crippen LogP contribution in [-0.2, 0) is 54.3 Å². The molecular formula is C64H89F2N11O13S. The molecule has 3 saturated heterocycles. The molecule has 0 radical (unpaired) electrons. The van der Waals surface area contributed by atoms with Crippen molar-refractivity contribution in [1.82, 2.24) is 55.2 Å². The molecule has 91 heavy (non-hydrogen) atoms. The zero-order valence-electron chi connectivity index (χ0n) is 52.2. The van der Waals surface area contributed by atoms with Gasteiger partial charge in [0.05, 0.1) is 37.8 Å². The lowest BCUT2D eigenvalue weighted by Gasteiger charge is -2.34. The molecule has 27 heteroatoms. The first kappa shape index (κ1) is 72.7. The number of halogens is 2. The number of aryl methyl sites for hydroxylation is 2. The number of nitrogens with one attached hydrogen (secondary N) is 3. The van der Waals surface area contributed by atoms with Gasteiger partial charge in [-0.25, -0.2) is 8.78 Å². The van der Waals surface area contributed by atoms with Crippen LogP contribution in [0.4, 0.5) is 8.78 Å². The van der Waals surface area contributed by atoms with Crippen LogP contribution in [0.15, 0.2) is 54.7 Å². The number of unbranched alkanes of at least 4 members (excludes halogenated alkanes) is 2. The van der Waals surface area contributed by atoms with Gasteiger partial charge in [-0.3, -0.25) is 72.6 Å². The number of carbonyl (C=O) groups is 9. The second-order valence-electron chi connectivity index (χ2n) is 23.1. The lowest BCUT2D eigenvalue weighted by Crippen LogP contribution is -2.53. The van der Waals surface area contributed by atoms with Crippen molar-refractivity contribution in [3.8, 4) is 18.1 Å². The van der Waals surface area contributed by atoms with Crippen LogP contribution < -0.4 is 20.7 Å². The Balaban J connectivity index is 0.918. The van der Waals surface area contributed by atoms with E-state index in [0.717, 1.165) is 17.9 Å². The molecule has 3 aliphatic heterocycles. The van der Waals surface area contributed by atoms with Crippen molar-refractivity contribution in [2.75, 3.05) is 149 Å². The number of carbonyl (C=O) groups excluding carboxylic acids is 8. The molecule has 6 rings (SSSR count). The molecule has 1 unspecified atom stereocenters. The van der Waals surface area contributed by atoms with Crippen molar-refractivity contribution in [3.63, 3.8) is 0 Å². The minimum Gasteiger partial charge on any atom is -0.494 e. The number of amides is 5. The standard InChI is InChI=1S/C64H89F2N11O13S/c1-3-51-40-64(65,66)44-77(51)61(84)19-18-57(80)53-20-22-67-55-17-16-52(39-54(53)55)90-37-8-24-71-33-35-76(36-34-71)60(83)11-5-4-6-21-69-63(87)56(43-91-38-23-68-58(81)10-7-9-50-14-12-49(2)13-15-50)70-59(82)41-72-25-26-73(42-62(85)86)28-30-75(46-89-48-79)32-31-74(29-27-72)45-88-47-78/h1,12-17,20,22,39,47-48,51,56H,4-11,18-19,21,23-38,40-46H2,2H3,(H,68,81)(H,69,87)(H,70,82)(H,85,86)/t51-,56?/m0/s1. The number of ketones is 1. The van der Waals surface area contributed by atoms with Crippen molar-refractivity contribution < 1.29 is 71.2 Å². The number of aliphatic carboxylic acids is 1.